The van der Waals surface area contributed by atoms with Crippen LogP contribution >= 0.6 is 0 Å². The van der Waals surface area contributed by atoms with Crippen LogP contribution in [0, 0.1) is 20.8 Å². The van der Waals surface area contributed by atoms with E-state index in [2.05, 4.69) is 4.74 Å². The molecule has 1 heterocycles. The van der Waals surface area contributed by atoms with E-state index in [-0.39, 0.29) is 29.5 Å². The summed E-state index contributed by atoms with van der Waals surface area (Å²) in [7, 11) is 1.54. The summed E-state index contributed by atoms with van der Waals surface area (Å²) in [5.74, 6) is -0.819. The summed E-state index contributed by atoms with van der Waals surface area (Å²) in [6.45, 7) is 1.82. The van der Waals surface area contributed by atoms with Crippen molar-refractivity contribution >= 4 is 11.9 Å². The van der Waals surface area contributed by atoms with E-state index in [4.69, 9.17) is 9.52 Å². The molecule has 2 rings (SSSR count). The maximum Gasteiger partial charge on any atom is 0.387 e. The van der Waals surface area contributed by atoms with E-state index < -0.39 is 12.6 Å². The molecule has 0 fully saturated rings. The van der Waals surface area contributed by atoms with Crippen molar-refractivity contribution in [3.05, 3.63) is 52.0 Å². The predicted molar refractivity (Wildman–Crippen MR) is 88.7 cm³/mol. The number of alkyl halides is 2. The molecule has 8 heteroatoms. The highest BCUT2D eigenvalue weighted by atomic mass is 19.3. The van der Waals surface area contributed by atoms with Crippen LogP contribution < -0.4 is 4.74 Å². The Balaban J connectivity index is 2.20. The number of carboxylic acids is 1. The molecule has 6 nitrogen and oxygen atoms in total. The number of benzene rings is 1. The number of hydrogen-bond donors (Lipinski definition) is 1. The van der Waals surface area contributed by atoms with E-state index in [1.165, 1.54) is 37.1 Å². The highest BCUT2D eigenvalue weighted by molar-refractivity contribution is 5.94. The maximum absolute atomic E-state index is 12.6. The van der Waals surface area contributed by atoms with Gasteiger partial charge < -0.3 is 19.2 Å². The average molecular weight is 367 g/mol. The van der Waals surface area contributed by atoms with E-state index in [0.717, 1.165) is 0 Å². The Labute approximate surface area is 149 Å². The first kappa shape index (κ1) is 19.4. The molecule has 140 valence electrons. The number of furan rings is 1. The zero-order valence-corrected chi connectivity index (χ0v) is 14.8. The number of carbonyl (C=O) groups is 2. The Morgan fingerprint density at radius 3 is 2.23 bits per heavy atom. The normalized spacial score (nSPS) is 10.9. The number of hydrogen-bond acceptors (Lipinski definition) is 4. The first-order valence-electron chi connectivity index (χ1n) is 7.74. The summed E-state index contributed by atoms with van der Waals surface area (Å²) in [5, 5.41) is 9.04. The smallest absolute Gasteiger partial charge is 0.387 e. The molecule has 1 aromatic heterocycles. The first-order valence-corrected chi connectivity index (χ1v) is 7.74. The molecular weight excluding hydrogens is 348 g/mol. The van der Waals surface area contributed by atoms with E-state index in [1.54, 1.807) is 13.8 Å². The van der Waals surface area contributed by atoms with Crippen LogP contribution in [0.3, 0.4) is 0 Å². The van der Waals surface area contributed by atoms with Crippen molar-refractivity contribution in [1.29, 1.82) is 0 Å². The summed E-state index contributed by atoms with van der Waals surface area (Å²) < 4.78 is 34.7. The Hall–Kier alpha value is -2.90. The second-order valence-electron chi connectivity index (χ2n) is 5.97. The number of rotatable bonds is 6. The highest BCUT2D eigenvalue weighted by Gasteiger charge is 2.20. The Bertz CT molecular complexity index is 821. The fraction of sp³-hybridized carbons (Fsp3) is 0.333. The third-order valence-corrected chi connectivity index (χ3v) is 3.85. The summed E-state index contributed by atoms with van der Waals surface area (Å²) >= 11 is 0. The SMILES string of the molecule is Cc1cc(C(=O)N(C)Cc2cc(C(=O)O)c(C)o2)cc(C)c1OC(F)F. The van der Waals surface area contributed by atoms with Gasteiger partial charge in [-0.25, -0.2) is 4.79 Å². The molecule has 1 N–H and O–H groups in total. The summed E-state index contributed by atoms with van der Waals surface area (Å²) in [6, 6.07) is 4.32. The molecule has 0 spiro atoms. The lowest BCUT2D eigenvalue weighted by atomic mass is 10.0. The monoisotopic (exact) mass is 367 g/mol. The van der Waals surface area contributed by atoms with Crippen LogP contribution in [0.1, 0.15) is 43.4 Å². The summed E-state index contributed by atoms with van der Waals surface area (Å²) in [5.41, 5.74) is 1.19. The third-order valence-electron chi connectivity index (χ3n) is 3.85. The van der Waals surface area contributed by atoms with Gasteiger partial charge in [-0.1, -0.05) is 0 Å². The molecule has 26 heavy (non-hydrogen) atoms. The molecule has 1 amide bonds. The molecule has 0 aliphatic rings. The number of aromatic carboxylic acids is 1. The van der Waals surface area contributed by atoms with Gasteiger partial charge in [0.2, 0.25) is 0 Å². The van der Waals surface area contributed by atoms with Gasteiger partial charge in [0.25, 0.3) is 5.91 Å². The molecule has 1 aromatic carbocycles. The second-order valence-corrected chi connectivity index (χ2v) is 5.97. The minimum absolute atomic E-state index is 0.0426. The van der Waals surface area contributed by atoms with Gasteiger partial charge in [-0.05, 0) is 50.1 Å². The number of aryl methyl sites for hydroxylation is 3. The van der Waals surface area contributed by atoms with Gasteiger partial charge >= 0.3 is 12.6 Å². The fourth-order valence-corrected chi connectivity index (χ4v) is 2.71. The lowest BCUT2D eigenvalue weighted by Gasteiger charge is -2.18. The second kappa shape index (κ2) is 7.55. The van der Waals surface area contributed by atoms with Crippen LogP contribution in [-0.4, -0.2) is 35.5 Å². The van der Waals surface area contributed by atoms with Crippen molar-refractivity contribution in [2.75, 3.05) is 7.05 Å². The number of carboxylic acid groups (broad SMARTS) is 1. The molecule has 2 aromatic rings. The lowest BCUT2D eigenvalue weighted by Crippen LogP contribution is -2.26. The van der Waals surface area contributed by atoms with Crippen molar-refractivity contribution in [3.8, 4) is 5.75 Å². The minimum atomic E-state index is -2.94. The van der Waals surface area contributed by atoms with Crippen LogP contribution in [0.2, 0.25) is 0 Å². The molecule has 0 unspecified atom stereocenters. The molecule has 0 radical (unpaired) electrons. The van der Waals surface area contributed by atoms with Gasteiger partial charge in [-0.15, -0.1) is 0 Å². The van der Waals surface area contributed by atoms with Gasteiger partial charge in [0.05, 0.1) is 6.54 Å². The Kier molecular flexibility index (Phi) is 5.64. The number of nitrogens with zero attached hydrogens (tertiary/aromatic N) is 1. The average Bonchev–Trinajstić information content (AvgIpc) is 2.90. The Morgan fingerprint density at radius 1 is 1.19 bits per heavy atom. The number of amides is 1. The molecule has 0 bridgehead atoms. The number of halogens is 2. The molecule has 0 aliphatic heterocycles. The molecule has 0 saturated heterocycles. The quantitative estimate of drug-likeness (QED) is 0.841. The van der Waals surface area contributed by atoms with Crippen LogP contribution in [0.4, 0.5) is 8.78 Å². The van der Waals surface area contributed by atoms with E-state index in [9.17, 15) is 18.4 Å². The van der Waals surface area contributed by atoms with Crippen molar-refractivity contribution in [2.24, 2.45) is 0 Å². The summed E-state index contributed by atoms with van der Waals surface area (Å²) in [6.07, 6.45) is 0. The molecule has 0 atom stereocenters. The molecule has 0 aliphatic carbocycles. The van der Waals surface area contributed by atoms with Gasteiger partial charge in [0.15, 0.2) is 0 Å². The minimum Gasteiger partial charge on any atom is -0.478 e. The maximum atomic E-state index is 12.6. The topological polar surface area (TPSA) is 80.0 Å². The first-order chi connectivity index (χ1) is 12.1. The van der Waals surface area contributed by atoms with Crippen LogP contribution in [0.15, 0.2) is 22.6 Å². The lowest BCUT2D eigenvalue weighted by molar-refractivity contribution is -0.0507. The van der Waals surface area contributed by atoms with E-state index >= 15 is 0 Å². The van der Waals surface area contributed by atoms with Crippen LogP contribution in [0.25, 0.3) is 0 Å². The largest absolute Gasteiger partial charge is 0.478 e. The number of carbonyl (C=O) groups excluding carboxylic acids is 1. The van der Waals surface area contributed by atoms with Gasteiger partial charge in [-0.3, -0.25) is 4.79 Å². The van der Waals surface area contributed by atoms with Crippen LogP contribution in [-0.2, 0) is 6.54 Å². The van der Waals surface area contributed by atoms with E-state index in [1.807, 2.05) is 0 Å². The van der Waals surface area contributed by atoms with Crippen molar-refractivity contribution in [3.63, 3.8) is 0 Å². The van der Waals surface area contributed by atoms with Gasteiger partial charge in [0.1, 0.15) is 22.8 Å². The van der Waals surface area contributed by atoms with Crippen molar-refractivity contribution < 1.29 is 32.6 Å². The highest BCUT2D eigenvalue weighted by Crippen LogP contribution is 2.27. The predicted octanol–water partition coefficient (Wildman–Crippen LogP) is 3.78. The van der Waals surface area contributed by atoms with E-state index in [0.29, 0.717) is 22.5 Å². The van der Waals surface area contributed by atoms with Crippen molar-refractivity contribution in [1.82, 2.24) is 4.90 Å². The van der Waals surface area contributed by atoms with Gasteiger partial charge in [-0.2, -0.15) is 8.78 Å². The van der Waals surface area contributed by atoms with Crippen LogP contribution in [0.5, 0.6) is 5.75 Å². The summed E-state index contributed by atoms with van der Waals surface area (Å²) in [4.78, 5) is 25.0. The zero-order valence-electron chi connectivity index (χ0n) is 14.8. The van der Waals surface area contributed by atoms with Crippen molar-refractivity contribution in [2.45, 2.75) is 33.9 Å². The molecular formula is C18H19F2NO5. The number of ether oxygens (including phenoxy) is 1. The third kappa shape index (κ3) is 4.19. The fourth-order valence-electron chi connectivity index (χ4n) is 2.71. The zero-order chi connectivity index (χ0) is 19.6. The molecule has 0 saturated carbocycles. The Morgan fingerprint density at radius 2 is 1.77 bits per heavy atom. The standard InChI is InChI=1S/C18H19F2NO5/c1-9-5-12(6-10(2)15(9)26-18(19)20)16(22)21(4)8-13-7-14(17(23)24)11(3)25-13/h5-7,18H,8H2,1-4H3,(H,23,24). The van der Waals surface area contributed by atoms with Gasteiger partial charge in [0, 0.05) is 12.6 Å².